The second-order valence-electron chi connectivity index (χ2n) is 4.73. The van der Waals surface area contributed by atoms with Gasteiger partial charge in [0.15, 0.2) is 0 Å². The van der Waals surface area contributed by atoms with E-state index in [4.69, 9.17) is 4.74 Å². The summed E-state index contributed by atoms with van der Waals surface area (Å²) in [4.78, 5) is 2.07. The number of anilines is 1. The summed E-state index contributed by atoms with van der Waals surface area (Å²) in [7, 11) is 0. The molecule has 4 nitrogen and oxygen atoms in total. The maximum absolute atomic E-state index is 9.82. The zero-order valence-electron chi connectivity index (χ0n) is 9.60. The van der Waals surface area contributed by atoms with E-state index in [9.17, 15) is 10.2 Å². The standard InChI is InChI=1S/C12H17NO3/c1-12(2,15)8-13-5-6-16-11-7-9(14)3-4-10(11)13/h3-4,7,14-15H,5-6,8H2,1-2H3. The van der Waals surface area contributed by atoms with Crippen molar-refractivity contribution in [2.75, 3.05) is 24.6 Å². The van der Waals surface area contributed by atoms with Crippen molar-refractivity contribution in [1.29, 1.82) is 0 Å². The van der Waals surface area contributed by atoms with Gasteiger partial charge in [-0.25, -0.2) is 0 Å². The molecule has 1 heterocycles. The molecule has 0 spiro atoms. The van der Waals surface area contributed by atoms with Crippen LogP contribution in [0.3, 0.4) is 0 Å². The Morgan fingerprint density at radius 2 is 2.19 bits per heavy atom. The fourth-order valence-electron chi connectivity index (χ4n) is 1.90. The molecule has 88 valence electrons. The Hall–Kier alpha value is -1.42. The zero-order valence-corrected chi connectivity index (χ0v) is 9.60. The van der Waals surface area contributed by atoms with Crippen molar-refractivity contribution in [2.45, 2.75) is 19.4 Å². The fourth-order valence-corrected chi connectivity index (χ4v) is 1.90. The molecule has 1 aromatic rings. The molecule has 2 rings (SSSR count). The van der Waals surface area contributed by atoms with Gasteiger partial charge in [0, 0.05) is 12.6 Å². The lowest BCUT2D eigenvalue weighted by Gasteiger charge is -2.35. The second-order valence-corrected chi connectivity index (χ2v) is 4.73. The summed E-state index contributed by atoms with van der Waals surface area (Å²) in [6.45, 7) is 5.44. The molecule has 0 aliphatic carbocycles. The van der Waals surface area contributed by atoms with E-state index in [1.807, 2.05) is 6.07 Å². The molecule has 0 aromatic heterocycles. The van der Waals surface area contributed by atoms with E-state index in [-0.39, 0.29) is 5.75 Å². The third-order valence-electron chi connectivity index (χ3n) is 2.48. The number of nitrogens with zero attached hydrogens (tertiary/aromatic N) is 1. The molecule has 16 heavy (non-hydrogen) atoms. The van der Waals surface area contributed by atoms with Gasteiger partial charge in [0.1, 0.15) is 18.1 Å². The molecule has 0 atom stereocenters. The Bertz CT molecular complexity index is 384. The van der Waals surface area contributed by atoms with E-state index in [1.165, 1.54) is 0 Å². The molecule has 0 bridgehead atoms. The predicted octanol–water partition coefficient (Wildman–Crippen LogP) is 1.36. The summed E-state index contributed by atoms with van der Waals surface area (Å²) in [5, 5.41) is 19.2. The normalized spacial score (nSPS) is 15.6. The lowest BCUT2D eigenvalue weighted by atomic mass is 10.1. The first-order chi connectivity index (χ1) is 7.46. The van der Waals surface area contributed by atoms with Crippen LogP contribution in [0, 0.1) is 0 Å². The van der Waals surface area contributed by atoms with E-state index in [2.05, 4.69) is 4.90 Å². The Labute approximate surface area is 95.1 Å². The van der Waals surface area contributed by atoms with Crippen molar-refractivity contribution in [3.05, 3.63) is 18.2 Å². The molecule has 1 aromatic carbocycles. The van der Waals surface area contributed by atoms with Crippen LogP contribution in [-0.4, -0.2) is 35.5 Å². The van der Waals surface area contributed by atoms with E-state index in [0.29, 0.717) is 18.9 Å². The summed E-state index contributed by atoms with van der Waals surface area (Å²) >= 11 is 0. The Balaban J connectivity index is 2.26. The zero-order chi connectivity index (χ0) is 11.8. The molecule has 0 amide bonds. The second kappa shape index (κ2) is 3.87. The molecule has 0 fully saturated rings. The molecule has 1 aliphatic heterocycles. The minimum absolute atomic E-state index is 0.198. The molecule has 0 unspecified atom stereocenters. The molecule has 4 heteroatoms. The van der Waals surface area contributed by atoms with Crippen molar-refractivity contribution in [1.82, 2.24) is 0 Å². The Kier molecular flexibility index (Phi) is 2.68. The van der Waals surface area contributed by atoms with Gasteiger partial charge in [-0.1, -0.05) is 0 Å². The lowest BCUT2D eigenvalue weighted by Crippen LogP contribution is -2.42. The van der Waals surface area contributed by atoms with Crippen LogP contribution in [0.15, 0.2) is 18.2 Å². The van der Waals surface area contributed by atoms with Crippen LogP contribution in [0.5, 0.6) is 11.5 Å². The Morgan fingerprint density at radius 3 is 2.88 bits per heavy atom. The number of hydrogen-bond acceptors (Lipinski definition) is 4. The number of ether oxygens (including phenoxy) is 1. The first-order valence-corrected chi connectivity index (χ1v) is 5.39. The molecule has 0 saturated carbocycles. The van der Waals surface area contributed by atoms with Gasteiger partial charge in [-0.15, -0.1) is 0 Å². The van der Waals surface area contributed by atoms with Gasteiger partial charge in [0.25, 0.3) is 0 Å². The minimum atomic E-state index is -0.744. The summed E-state index contributed by atoms with van der Waals surface area (Å²) in [6.07, 6.45) is 0. The van der Waals surface area contributed by atoms with Crippen LogP contribution >= 0.6 is 0 Å². The minimum Gasteiger partial charge on any atom is -0.508 e. The number of aromatic hydroxyl groups is 1. The van der Waals surface area contributed by atoms with Gasteiger partial charge >= 0.3 is 0 Å². The van der Waals surface area contributed by atoms with Gasteiger partial charge in [-0.05, 0) is 26.0 Å². The van der Waals surface area contributed by atoms with Crippen LogP contribution in [0.25, 0.3) is 0 Å². The maximum Gasteiger partial charge on any atom is 0.146 e. The highest BCUT2D eigenvalue weighted by molar-refractivity contribution is 5.62. The maximum atomic E-state index is 9.82. The van der Waals surface area contributed by atoms with Crippen molar-refractivity contribution in [3.63, 3.8) is 0 Å². The number of fused-ring (bicyclic) bond motifs is 1. The van der Waals surface area contributed by atoms with Crippen LogP contribution in [-0.2, 0) is 0 Å². The molecular formula is C12H17NO3. The van der Waals surface area contributed by atoms with Gasteiger partial charge in [-0.2, -0.15) is 0 Å². The summed E-state index contributed by atoms with van der Waals surface area (Å²) in [5.41, 5.74) is 0.179. The Morgan fingerprint density at radius 1 is 1.44 bits per heavy atom. The molecule has 1 aliphatic rings. The highest BCUT2D eigenvalue weighted by atomic mass is 16.5. The topological polar surface area (TPSA) is 52.9 Å². The third kappa shape index (κ3) is 2.39. The van der Waals surface area contributed by atoms with E-state index in [1.54, 1.807) is 26.0 Å². The van der Waals surface area contributed by atoms with Gasteiger partial charge < -0.3 is 19.8 Å². The number of benzene rings is 1. The number of hydrogen-bond donors (Lipinski definition) is 2. The number of phenolic OH excluding ortho intramolecular Hbond substituents is 1. The van der Waals surface area contributed by atoms with Crippen molar-refractivity contribution in [2.24, 2.45) is 0 Å². The molecule has 0 radical (unpaired) electrons. The fraction of sp³-hybridized carbons (Fsp3) is 0.500. The summed E-state index contributed by atoms with van der Waals surface area (Å²) < 4.78 is 5.47. The van der Waals surface area contributed by atoms with Crippen molar-refractivity contribution >= 4 is 5.69 Å². The lowest BCUT2D eigenvalue weighted by molar-refractivity contribution is 0.0855. The van der Waals surface area contributed by atoms with Gasteiger partial charge in [-0.3, -0.25) is 0 Å². The van der Waals surface area contributed by atoms with Gasteiger partial charge in [0.05, 0.1) is 17.8 Å². The van der Waals surface area contributed by atoms with E-state index >= 15 is 0 Å². The third-order valence-corrected chi connectivity index (χ3v) is 2.48. The smallest absolute Gasteiger partial charge is 0.146 e. The number of aliphatic hydroxyl groups is 1. The molecule has 0 saturated heterocycles. The van der Waals surface area contributed by atoms with Crippen LogP contribution in [0.4, 0.5) is 5.69 Å². The van der Waals surface area contributed by atoms with Crippen molar-refractivity contribution < 1.29 is 14.9 Å². The summed E-state index contributed by atoms with van der Waals surface area (Å²) in [6, 6.07) is 5.05. The predicted molar refractivity (Wildman–Crippen MR) is 62.1 cm³/mol. The number of β-amino-alcohol motifs (C(OH)–C–C–N with tert-alkyl or cyclic N) is 1. The molecular weight excluding hydrogens is 206 g/mol. The number of phenols is 1. The number of rotatable bonds is 2. The first-order valence-electron chi connectivity index (χ1n) is 5.39. The highest BCUT2D eigenvalue weighted by Crippen LogP contribution is 2.34. The van der Waals surface area contributed by atoms with Crippen LogP contribution < -0.4 is 9.64 Å². The summed E-state index contributed by atoms with van der Waals surface area (Å²) in [5.74, 6) is 0.874. The van der Waals surface area contributed by atoms with E-state index < -0.39 is 5.60 Å². The SMILES string of the molecule is CC(C)(O)CN1CCOc2cc(O)ccc21. The highest BCUT2D eigenvalue weighted by Gasteiger charge is 2.24. The van der Waals surface area contributed by atoms with Crippen molar-refractivity contribution in [3.8, 4) is 11.5 Å². The van der Waals surface area contributed by atoms with Crippen LogP contribution in [0.2, 0.25) is 0 Å². The van der Waals surface area contributed by atoms with Gasteiger partial charge in [0.2, 0.25) is 0 Å². The first kappa shape index (κ1) is 11.1. The van der Waals surface area contributed by atoms with E-state index in [0.717, 1.165) is 12.2 Å². The average Bonchev–Trinajstić information content (AvgIpc) is 2.15. The average molecular weight is 223 g/mol. The largest absolute Gasteiger partial charge is 0.508 e. The quantitative estimate of drug-likeness (QED) is 0.795. The molecule has 2 N–H and O–H groups in total. The van der Waals surface area contributed by atoms with Crippen LogP contribution in [0.1, 0.15) is 13.8 Å². The monoisotopic (exact) mass is 223 g/mol.